The van der Waals surface area contributed by atoms with Crippen LogP contribution < -0.4 is 4.90 Å². The lowest BCUT2D eigenvalue weighted by Crippen LogP contribution is -2.47. The summed E-state index contributed by atoms with van der Waals surface area (Å²) in [6, 6.07) is 15.7. The first-order chi connectivity index (χ1) is 13.8. The van der Waals surface area contributed by atoms with Gasteiger partial charge in [0.2, 0.25) is 0 Å². The molecule has 0 aromatic heterocycles. The second-order valence-electron chi connectivity index (χ2n) is 7.28. The largest absolute Gasteiger partial charge is 0.340 e. The van der Waals surface area contributed by atoms with Gasteiger partial charge in [-0.1, -0.05) is 23.9 Å². The van der Waals surface area contributed by atoms with Gasteiger partial charge in [0.15, 0.2) is 0 Å². The molecule has 0 saturated carbocycles. The van der Waals surface area contributed by atoms with Crippen molar-refractivity contribution < 1.29 is 0 Å². The Morgan fingerprint density at radius 1 is 0.893 bits per heavy atom. The first-order valence-corrected chi connectivity index (χ1v) is 12.6. The Labute approximate surface area is 182 Å². The zero-order valence-electron chi connectivity index (χ0n) is 16.4. The number of anilines is 2. The third kappa shape index (κ3) is 4.65. The standard InChI is InChI=1S/C22H28ClN3S2/c1-27-18-7-8-22-20(17-18)26(19-5-2-3-6-21(19)28-22)11-4-10-24-13-15-25(12-9-23)16-14-24/h2-3,5-8,17H,4,9-16H2,1H3. The predicted octanol–water partition coefficient (Wildman–Crippen LogP) is 5.26. The average Bonchev–Trinajstić information content (AvgIpc) is 2.74. The molecular weight excluding hydrogens is 406 g/mol. The normalized spacial score (nSPS) is 17.4. The topological polar surface area (TPSA) is 9.72 Å². The molecule has 2 aliphatic rings. The Morgan fingerprint density at radius 3 is 2.36 bits per heavy atom. The van der Waals surface area contributed by atoms with E-state index in [1.54, 1.807) is 0 Å². The van der Waals surface area contributed by atoms with E-state index in [-0.39, 0.29) is 0 Å². The molecule has 1 fully saturated rings. The minimum Gasteiger partial charge on any atom is -0.340 e. The molecule has 2 heterocycles. The summed E-state index contributed by atoms with van der Waals surface area (Å²) in [5.41, 5.74) is 2.72. The molecule has 6 heteroatoms. The Balaban J connectivity index is 1.43. The van der Waals surface area contributed by atoms with Crippen LogP contribution in [0.15, 0.2) is 57.2 Å². The van der Waals surface area contributed by atoms with Crippen LogP contribution in [0.4, 0.5) is 11.4 Å². The number of hydrogen-bond donors (Lipinski definition) is 0. The molecule has 1 saturated heterocycles. The molecule has 0 amide bonds. The minimum absolute atomic E-state index is 0.740. The van der Waals surface area contributed by atoms with Gasteiger partial charge in [0, 0.05) is 59.8 Å². The highest BCUT2D eigenvalue weighted by Crippen LogP contribution is 2.48. The molecule has 28 heavy (non-hydrogen) atoms. The lowest BCUT2D eigenvalue weighted by molar-refractivity contribution is 0.137. The fourth-order valence-corrected chi connectivity index (χ4v) is 5.73. The number of hydrogen-bond acceptors (Lipinski definition) is 5. The zero-order chi connectivity index (χ0) is 19.3. The van der Waals surface area contributed by atoms with Crippen LogP contribution in [0.1, 0.15) is 6.42 Å². The van der Waals surface area contributed by atoms with E-state index < -0.39 is 0 Å². The predicted molar refractivity (Wildman–Crippen MR) is 124 cm³/mol. The van der Waals surface area contributed by atoms with E-state index >= 15 is 0 Å². The highest BCUT2D eigenvalue weighted by atomic mass is 35.5. The molecule has 2 aromatic carbocycles. The van der Waals surface area contributed by atoms with E-state index in [0.29, 0.717) is 0 Å². The van der Waals surface area contributed by atoms with Gasteiger partial charge in [-0.15, -0.1) is 23.4 Å². The zero-order valence-corrected chi connectivity index (χ0v) is 18.8. The monoisotopic (exact) mass is 433 g/mol. The van der Waals surface area contributed by atoms with Crippen LogP contribution in [-0.4, -0.2) is 67.7 Å². The number of rotatable bonds is 7. The van der Waals surface area contributed by atoms with Gasteiger partial charge >= 0.3 is 0 Å². The number of para-hydroxylation sites is 1. The third-order valence-electron chi connectivity index (χ3n) is 5.55. The van der Waals surface area contributed by atoms with Crippen LogP contribution in [0, 0.1) is 0 Å². The Bertz CT molecular complexity index is 793. The van der Waals surface area contributed by atoms with Gasteiger partial charge in [-0.25, -0.2) is 0 Å². The highest BCUT2D eigenvalue weighted by Gasteiger charge is 2.24. The van der Waals surface area contributed by atoms with E-state index in [0.717, 1.165) is 51.7 Å². The summed E-state index contributed by atoms with van der Waals surface area (Å²) in [7, 11) is 0. The number of fused-ring (bicyclic) bond motifs is 2. The van der Waals surface area contributed by atoms with Crippen molar-refractivity contribution in [2.75, 3.05) is 62.8 Å². The van der Waals surface area contributed by atoms with Crippen LogP contribution >= 0.6 is 35.1 Å². The maximum atomic E-state index is 5.88. The van der Waals surface area contributed by atoms with Gasteiger partial charge in [-0.2, -0.15) is 0 Å². The lowest BCUT2D eigenvalue weighted by Gasteiger charge is -2.36. The fourth-order valence-electron chi connectivity index (χ4n) is 3.99. The minimum atomic E-state index is 0.740. The lowest BCUT2D eigenvalue weighted by atomic mass is 10.2. The maximum Gasteiger partial charge on any atom is 0.0564 e. The smallest absolute Gasteiger partial charge is 0.0564 e. The Hall–Kier alpha value is -0.850. The summed E-state index contributed by atoms with van der Waals surface area (Å²) >= 11 is 9.59. The second kappa shape index (κ2) is 9.77. The first-order valence-electron chi connectivity index (χ1n) is 10.0. The maximum absolute atomic E-state index is 5.88. The van der Waals surface area contributed by atoms with Crippen LogP contribution in [0.25, 0.3) is 0 Å². The van der Waals surface area contributed by atoms with Crippen molar-refractivity contribution in [1.29, 1.82) is 0 Å². The number of benzene rings is 2. The van der Waals surface area contributed by atoms with Gasteiger partial charge in [0.05, 0.1) is 11.4 Å². The van der Waals surface area contributed by atoms with Gasteiger partial charge in [0.25, 0.3) is 0 Å². The molecule has 0 bridgehead atoms. The van der Waals surface area contributed by atoms with Crippen molar-refractivity contribution in [3.63, 3.8) is 0 Å². The molecular formula is C22H28ClN3S2. The molecule has 2 aromatic rings. The Morgan fingerprint density at radius 2 is 1.61 bits per heavy atom. The van der Waals surface area contributed by atoms with Crippen LogP contribution in [-0.2, 0) is 0 Å². The number of nitrogens with zero attached hydrogens (tertiary/aromatic N) is 3. The molecule has 0 spiro atoms. The summed E-state index contributed by atoms with van der Waals surface area (Å²) in [6.07, 6.45) is 3.33. The molecule has 2 aliphatic heterocycles. The van der Waals surface area contributed by atoms with Crippen molar-refractivity contribution in [3.05, 3.63) is 42.5 Å². The van der Waals surface area contributed by atoms with Gasteiger partial charge in [-0.05, 0) is 49.6 Å². The van der Waals surface area contributed by atoms with Crippen LogP contribution in [0.2, 0.25) is 0 Å². The van der Waals surface area contributed by atoms with Crippen molar-refractivity contribution in [1.82, 2.24) is 9.80 Å². The van der Waals surface area contributed by atoms with Gasteiger partial charge in [0.1, 0.15) is 0 Å². The van der Waals surface area contributed by atoms with Gasteiger partial charge < -0.3 is 9.80 Å². The molecule has 0 aliphatic carbocycles. The van der Waals surface area contributed by atoms with E-state index in [4.69, 9.17) is 11.6 Å². The second-order valence-corrected chi connectivity index (χ2v) is 9.62. The molecule has 0 atom stereocenters. The van der Waals surface area contributed by atoms with E-state index in [1.165, 1.54) is 32.5 Å². The number of thioether (sulfide) groups is 1. The summed E-state index contributed by atoms with van der Waals surface area (Å²) < 4.78 is 0. The van der Waals surface area contributed by atoms with Crippen molar-refractivity contribution in [2.24, 2.45) is 0 Å². The molecule has 4 rings (SSSR count). The SMILES string of the molecule is CSc1ccc2c(c1)N(CCCN1CCN(CCCl)CC1)c1ccccc1S2. The average molecular weight is 434 g/mol. The van der Waals surface area contributed by atoms with Gasteiger partial charge in [-0.3, -0.25) is 4.90 Å². The third-order valence-corrected chi connectivity index (χ3v) is 7.58. The van der Waals surface area contributed by atoms with E-state index in [1.807, 2.05) is 23.5 Å². The van der Waals surface area contributed by atoms with Crippen molar-refractivity contribution in [3.8, 4) is 0 Å². The Kier molecular flexibility index (Phi) is 7.13. The van der Waals surface area contributed by atoms with E-state index in [2.05, 4.69) is 63.4 Å². The summed E-state index contributed by atoms with van der Waals surface area (Å²) in [5, 5.41) is 0. The van der Waals surface area contributed by atoms with Crippen molar-refractivity contribution >= 4 is 46.5 Å². The summed E-state index contributed by atoms with van der Waals surface area (Å²) in [5.74, 6) is 0.740. The summed E-state index contributed by atoms with van der Waals surface area (Å²) in [4.78, 5) is 11.7. The van der Waals surface area contributed by atoms with Crippen molar-refractivity contribution in [2.45, 2.75) is 21.1 Å². The van der Waals surface area contributed by atoms with E-state index in [9.17, 15) is 0 Å². The molecule has 0 unspecified atom stereocenters. The first kappa shape index (κ1) is 20.4. The number of halogens is 1. The summed E-state index contributed by atoms with van der Waals surface area (Å²) in [6.45, 7) is 7.87. The quantitative estimate of drug-likeness (QED) is 0.434. The van der Waals surface area contributed by atoms with Crippen LogP contribution in [0.3, 0.4) is 0 Å². The molecule has 3 nitrogen and oxygen atoms in total. The molecule has 0 N–H and O–H groups in total. The number of piperazine rings is 1. The number of alkyl halides is 1. The van der Waals surface area contributed by atoms with Crippen LogP contribution in [0.5, 0.6) is 0 Å². The molecule has 150 valence electrons. The molecule has 0 radical (unpaired) electrons. The fraction of sp³-hybridized carbons (Fsp3) is 0.455. The highest BCUT2D eigenvalue weighted by molar-refractivity contribution is 8.00.